The summed E-state index contributed by atoms with van der Waals surface area (Å²) in [5.74, 6) is 0.966. The van der Waals surface area contributed by atoms with Gasteiger partial charge in [0.15, 0.2) is 5.76 Å². The monoisotopic (exact) mass is 245 g/mol. The zero-order chi connectivity index (χ0) is 10.8. The number of hydrogen-bond acceptors (Lipinski definition) is 4. The Hall–Kier alpha value is -0.580. The fraction of sp³-hybridized carbons (Fsp3) is 0.727. The van der Waals surface area contributed by atoms with Crippen molar-refractivity contribution < 1.29 is 4.52 Å². The molecule has 2 unspecified atom stereocenters. The summed E-state index contributed by atoms with van der Waals surface area (Å²) in [6.45, 7) is 9.41. The van der Waals surface area contributed by atoms with Gasteiger partial charge in [0.2, 0.25) is 0 Å². The van der Waals surface area contributed by atoms with Gasteiger partial charge in [-0.3, -0.25) is 4.90 Å². The van der Waals surface area contributed by atoms with Crippen molar-refractivity contribution in [2.24, 2.45) is 0 Å². The molecule has 4 nitrogen and oxygen atoms in total. The predicted molar refractivity (Wildman–Crippen MR) is 65.8 cm³/mol. The van der Waals surface area contributed by atoms with Crippen molar-refractivity contribution >= 4 is 12.4 Å². The number of hydrogen-bond donors (Lipinski definition) is 1. The lowest BCUT2D eigenvalue weighted by atomic mass is 10.1. The first kappa shape index (κ1) is 13.5. The second kappa shape index (κ2) is 5.66. The number of nitrogens with zero attached hydrogens (tertiary/aromatic N) is 2. The maximum atomic E-state index is 5.23. The van der Waals surface area contributed by atoms with E-state index in [0.717, 1.165) is 31.1 Å². The van der Waals surface area contributed by atoms with Gasteiger partial charge in [-0.05, 0) is 20.8 Å². The highest BCUT2D eigenvalue weighted by atomic mass is 35.5. The Morgan fingerprint density at radius 2 is 2.06 bits per heavy atom. The molecule has 2 atom stereocenters. The van der Waals surface area contributed by atoms with Crippen LogP contribution >= 0.6 is 12.4 Å². The Bertz CT molecular complexity index is 319. The fourth-order valence-electron chi connectivity index (χ4n) is 2.28. The van der Waals surface area contributed by atoms with Crippen molar-refractivity contribution in [1.29, 1.82) is 0 Å². The first-order chi connectivity index (χ1) is 7.13. The smallest absolute Gasteiger partial charge is 0.150 e. The highest BCUT2D eigenvalue weighted by Gasteiger charge is 2.21. The van der Waals surface area contributed by atoms with Crippen molar-refractivity contribution in [1.82, 2.24) is 15.4 Å². The summed E-state index contributed by atoms with van der Waals surface area (Å²) < 4.78 is 5.23. The topological polar surface area (TPSA) is 41.3 Å². The van der Waals surface area contributed by atoms with Crippen LogP contribution in [-0.2, 0) is 6.54 Å². The van der Waals surface area contributed by atoms with E-state index in [1.54, 1.807) is 0 Å². The van der Waals surface area contributed by atoms with Crippen LogP contribution in [0, 0.1) is 6.92 Å². The van der Waals surface area contributed by atoms with E-state index in [2.05, 4.69) is 29.2 Å². The number of piperazine rings is 1. The summed E-state index contributed by atoms with van der Waals surface area (Å²) in [5.41, 5.74) is 0.959. The normalized spacial score (nSPS) is 26.4. The Morgan fingerprint density at radius 3 is 2.56 bits per heavy atom. The van der Waals surface area contributed by atoms with E-state index in [0.29, 0.717) is 12.1 Å². The predicted octanol–water partition coefficient (Wildman–Crippen LogP) is 1.59. The molecule has 2 rings (SSSR count). The molecule has 0 amide bonds. The molecule has 0 bridgehead atoms. The van der Waals surface area contributed by atoms with Gasteiger partial charge in [-0.15, -0.1) is 12.4 Å². The molecule has 1 saturated heterocycles. The van der Waals surface area contributed by atoms with Crippen molar-refractivity contribution in [2.45, 2.75) is 39.4 Å². The van der Waals surface area contributed by atoms with Crippen molar-refractivity contribution in [3.8, 4) is 0 Å². The maximum Gasteiger partial charge on any atom is 0.150 e. The number of rotatable bonds is 2. The van der Waals surface area contributed by atoms with Gasteiger partial charge in [0.1, 0.15) is 0 Å². The van der Waals surface area contributed by atoms with E-state index in [-0.39, 0.29) is 12.4 Å². The highest BCUT2D eigenvalue weighted by Crippen LogP contribution is 2.10. The minimum absolute atomic E-state index is 0. The van der Waals surface area contributed by atoms with Gasteiger partial charge in [0.25, 0.3) is 0 Å². The van der Waals surface area contributed by atoms with Crippen LogP contribution in [-0.4, -0.2) is 35.2 Å². The summed E-state index contributed by atoms with van der Waals surface area (Å²) >= 11 is 0. The Labute approximate surface area is 103 Å². The van der Waals surface area contributed by atoms with E-state index >= 15 is 0 Å². The van der Waals surface area contributed by atoms with E-state index in [9.17, 15) is 0 Å². The summed E-state index contributed by atoms with van der Waals surface area (Å²) in [6.07, 6.45) is 0. The lowest BCUT2D eigenvalue weighted by Gasteiger charge is -2.35. The minimum atomic E-state index is 0. The average Bonchev–Trinajstić information content (AvgIpc) is 2.49. The van der Waals surface area contributed by atoms with Crippen molar-refractivity contribution in [3.63, 3.8) is 0 Å². The third-order valence-electron chi connectivity index (χ3n) is 2.69. The summed E-state index contributed by atoms with van der Waals surface area (Å²) in [4.78, 5) is 2.41. The molecule has 0 spiro atoms. The summed E-state index contributed by atoms with van der Waals surface area (Å²) in [5, 5.41) is 7.42. The minimum Gasteiger partial charge on any atom is -0.360 e. The SMILES string of the molecule is Cc1cc(CN2CC(C)NC(C)C2)on1.Cl. The van der Waals surface area contributed by atoms with Gasteiger partial charge < -0.3 is 9.84 Å². The van der Waals surface area contributed by atoms with E-state index < -0.39 is 0 Å². The lowest BCUT2D eigenvalue weighted by molar-refractivity contribution is 0.152. The molecular weight excluding hydrogens is 226 g/mol. The molecule has 1 N–H and O–H groups in total. The van der Waals surface area contributed by atoms with Crippen molar-refractivity contribution in [3.05, 3.63) is 17.5 Å². The molecule has 1 aliphatic rings. The van der Waals surface area contributed by atoms with Gasteiger partial charge in [0, 0.05) is 31.2 Å². The second-order valence-electron chi connectivity index (χ2n) is 4.60. The van der Waals surface area contributed by atoms with E-state index in [1.165, 1.54) is 0 Å². The third-order valence-corrected chi connectivity index (χ3v) is 2.69. The fourth-order valence-corrected chi connectivity index (χ4v) is 2.28. The van der Waals surface area contributed by atoms with Crippen LogP contribution < -0.4 is 5.32 Å². The molecule has 2 heterocycles. The molecule has 92 valence electrons. The van der Waals surface area contributed by atoms with Gasteiger partial charge in [0.05, 0.1) is 12.2 Å². The Kier molecular flexibility index (Phi) is 4.77. The molecule has 16 heavy (non-hydrogen) atoms. The van der Waals surface area contributed by atoms with Gasteiger partial charge >= 0.3 is 0 Å². The van der Waals surface area contributed by atoms with E-state index in [1.807, 2.05) is 13.0 Å². The molecule has 1 aliphatic heterocycles. The molecule has 1 aromatic heterocycles. The molecular formula is C11H20ClN3O. The van der Waals surface area contributed by atoms with Crippen LogP contribution in [0.1, 0.15) is 25.3 Å². The molecule has 0 saturated carbocycles. The zero-order valence-electron chi connectivity index (χ0n) is 10.1. The van der Waals surface area contributed by atoms with Crippen LogP contribution in [0.15, 0.2) is 10.6 Å². The molecule has 1 fully saturated rings. The molecule has 0 aliphatic carbocycles. The average molecular weight is 246 g/mol. The van der Waals surface area contributed by atoms with Gasteiger partial charge in [-0.1, -0.05) is 5.16 Å². The zero-order valence-corrected chi connectivity index (χ0v) is 10.9. The molecule has 5 heteroatoms. The third kappa shape index (κ3) is 3.47. The molecule has 0 radical (unpaired) electrons. The Balaban J connectivity index is 0.00000128. The largest absolute Gasteiger partial charge is 0.360 e. The number of nitrogens with one attached hydrogen (secondary N) is 1. The number of aryl methyl sites for hydroxylation is 1. The van der Waals surface area contributed by atoms with Crippen LogP contribution in [0.5, 0.6) is 0 Å². The van der Waals surface area contributed by atoms with Crippen LogP contribution in [0.25, 0.3) is 0 Å². The first-order valence-electron chi connectivity index (χ1n) is 5.54. The summed E-state index contributed by atoms with van der Waals surface area (Å²) in [6, 6.07) is 3.12. The van der Waals surface area contributed by atoms with Crippen LogP contribution in [0.3, 0.4) is 0 Å². The quantitative estimate of drug-likeness (QED) is 0.859. The van der Waals surface area contributed by atoms with E-state index in [4.69, 9.17) is 4.52 Å². The second-order valence-corrected chi connectivity index (χ2v) is 4.60. The number of halogens is 1. The van der Waals surface area contributed by atoms with Crippen LogP contribution in [0.2, 0.25) is 0 Å². The maximum absolute atomic E-state index is 5.23. The van der Waals surface area contributed by atoms with Crippen molar-refractivity contribution in [2.75, 3.05) is 13.1 Å². The lowest BCUT2D eigenvalue weighted by Crippen LogP contribution is -2.53. The molecule has 0 aromatic carbocycles. The van der Waals surface area contributed by atoms with Gasteiger partial charge in [-0.25, -0.2) is 0 Å². The molecule has 1 aromatic rings. The highest BCUT2D eigenvalue weighted by molar-refractivity contribution is 5.85. The standard InChI is InChI=1S/C11H19N3O.ClH/c1-8-4-11(15-13-8)7-14-5-9(2)12-10(3)6-14;/h4,9-10,12H,5-7H2,1-3H3;1H. The van der Waals surface area contributed by atoms with Crippen LogP contribution in [0.4, 0.5) is 0 Å². The first-order valence-corrected chi connectivity index (χ1v) is 5.54. The van der Waals surface area contributed by atoms with Gasteiger partial charge in [-0.2, -0.15) is 0 Å². The Morgan fingerprint density at radius 1 is 1.44 bits per heavy atom. The number of aromatic nitrogens is 1. The summed E-state index contributed by atoms with van der Waals surface area (Å²) in [7, 11) is 0.